The molecule has 0 aromatic carbocycles. The molecule has 3 N–H and O–H groups in total. The number of hydrogen-bond acceptors (Lipinski definition) is 15. The van der Waals surface area contributed by atoms with Crippen LogP contribution in [0.3, 0.4) is 0 Å². The first-order valence-corrected chi connectivity index (χ1v) is 42.4. The lowest BCUT2D eigenvalue weighted by Crippen LogP contribution is -2.30. The molecule has 17 nitrogen and oxygen atoms in total. The minimum Gasteiger partial charge on any atom is -0.462 e. The molecule has 0 heterocycles. The van der Waals surface area contributed by atoms with Crippen LogP contribution in [0.2, 0.25) is 0 Å². The van der Waals surface area contributed by atoms with Crippen molar-refractivity contribution >= 4 is 39.5 Å². The van der Waals surface area contributed by atoms with Gasteiger partial charge in [0.1, 0.15) is 19.3 Å². The third kappa shape index (κ3) is 73.5. The van der Waals surface area contributed by atoms with Crippen molar-refractivity contribution in [2.45, 2.75) is 329 Å². The first kappa shape index (κ1) is 97.2. The Morgan fingerprint density at radius 1 is 0.284 bits per heavy atom. The molecule has 0 saturated carbocycles. The zero-order chi connectivity index (χ0) is 74.6. The maximum absolute atomic E-state index is 13.1. The maximum Gasteiger partial charge on any atom is 0.472 e. The molecule has 0 bridgehead atoms. The van der Waals surface area contributed by atoms with Crippen LogP contribution in [0.4, 0.5) is 0 Å². The van der Waals surface area contributed by atoms with Crippen molar-refractivity contribution in [3.05, 3.63) is 134 Å². The van der Waals surface area contributed by atoms with E-state index < -0.39 is 97.5 Å². The van der Waals surface area contributed by atoms with E-state index in [0.29, 0.717) is 25.7 Å². The first-order chi connectivity index (χ1) is 49.7. The van der Waals surface area contributed by atoms with E-state index in [0.717, 1.165) is 186 Å². The summed E-state index contributed by atoms with van der Waals surface area (Å²) in [6.07, 6.45) is 82.9. The van der Waals surface area contributed by atoms with Gasteiger partial charge in [-0.15, -0.1) is 0 Å². The smallest absolute Gasteiger partial charge is 0.462 e. The van der Waals surface area contributed by atoms with Crippen molar-refractivity contribution in [2.75, 3.05) is 39.6 Å². The van der Waals surface area contributed by atoms with E-state index in [4.69, 9.17) is 37.0 Å². The van der Waals surface area contributed by atoms with Crippen LogP contribution in [0.25, 0.3) is 0 Å². The predicted octanol–water partition coefficient (Wildman–Crippen LogP) is 22.9. The molecule has 0 radical (unpaired) electrons. The number of allylic oxidation sites excluding steroid dienone is 22. The maximum atomic E-state index is 13.1. The molecule has 0 spiro atoms. The van der Waals surface area contributed by atoms with Gasteiger partial charge in [-0.1, -0.05) is 258 Å². The van der Waals surface area contributed by atoms with Gasteiger partial charge in [0.05, 0.1) is 26.4 Å². The predicted molar refractivity (Wildman–Crippen MR) is 418 cm³/mol. The van der Waals surface area contributed by atoms with E-state index >= 15 is 0 Å². The molecular weight excluding hydrogens is 1330 g/mol. The average Bonchev–Trinajstić information content (AvgIpc) is 0.908. The van der Waals surface area contributed by atoms with Gasteiger partial charge >= 0.3 is 39.5 Å². The van der Waals surface area contributed by atoms with Gasteiger partial charge < -0.3 is 33.8 Å². The van der Waals surface area contributed by atoms with Crippen LogP contribution in [0.1, 0.15) is 310 Å². The fourth-order valence-electron chi connectivity index (χ4n) is 10.1. The SMILES string of the molecule is CC/C=C\C/C=C\C/C=C\C/C=C\CCCCCCCCC(=O)OCC(COP(=O)(O)OCC(O)COP(=O)(O)OCC(COC(=O)CCCC/C=C\C/C=C\C/C=C\C/C=C\CC)OC(=O)CCCCCCC/C=C\C/C=C\CCCCC)OC(=O)CCCCCCC/C=C\CCCCCC. The summed E-state index contributed by atoms with van der Waals surface area (Å²) in [5.74, 6) is -2.26. The zero-order valence-corrected chi connectivity index (χ0v) is 65.5. The van der Waals surface area contributed by atoms with E-state index in [1.807, 2.05) is 0 Å². The Morgan fingerprint density at radius 2 is 0.510 bits per heavy atom. The highest BCUT2D eigenvalue weighted by molar-refractivity contribution is 7.47. The molecular formula is C83H140O17P2. The van der Waals surface area contributed by atoms with Crippen LogP contribution in [0, 0.1) is 0 Å². The molecule has 0 aromatic heterocycles. The third-order valence-corrected chi connectivity index (χ3v) is 18.0. The van der Waals surface area contributed by atoms with Crippen LogP contribution in [0.15, 0.2) is 134 Å². The molecule has 584 valence electrons. The lowest BCUT2D eigenvalue weighted by Gasteiger charge is -2.21. The lowest BCUT2D eigenvalue weighted by atomic mass is 10.1. The summed E-state index contributed by atoms with van der Waals surface area (Å²) in [6.45, 7) is 4.52. The minimum atomic E-state index is -4.99. The van der Waals surface area contributed by atoms with Gasteiger partial charge in [-0.05, 0) is 161 Å². The molecule has 5 atom stereocenters. The number of phosphoric acid groups is 2. The molecule has 0 aliphatic heterocycles. The van der Waals surface area contributed by atoms with Crippen molar-refractivity contribution in [2.24, 2.45) is 0 Å². The highest BCUT2D eigenvalue weighted by Gasteiger charge is 2.30. The average molecular weight is 1470 g/mol. The van der Waals surface area contributed by atoms with Crippen LogP contribution >= 0.6 is 15.6 Å². The Balaban J connectivity index is 5.40. The van der Waals surface area contributed by atoms with Gasteiger partial charge in [-0.2, -0.15) is 0 Å². The molecule has 0 fully saturated rings. The number of phosphoric ester groups is 2. The molecule has 5 unspecified atom stereocenters. The number of rotatable bonds is 73. The molecule has 0 saturated heterocycles. The largest absolute Gasteiger partial charge is 0.472 e. The van der Waals surface area contributed by atoms with Gasteiger partial charge in [0.15, 0.2) is 12.2 Å². The normalized spacial score (nSPS) is 14.6. The molecule has 0 aliphatic carbocycles. The van der Waals surface area contributed by atoms with Crippen LogP contribution in [-0.4, -0.2) is 96.7 Å². The number of aliphatic hydroxyl groups excluding tert-OH is 1. The molecule has 0 aliphatic rings. The Kier molecular flexibility index (Phi) is 71.0. The molecule has 19 heteroatoms. The minimum absolute atomic E-state index is 0.0668. The summed E-state index contributed by atoms with van der Waals surface area (Å²) < 4.78 is 68.5. The van der Waals surface area contributed by atoms with E-state index in [1.165, 1.54) is 44.9 Å². The summed E-state index contributed by atoms with van der Waals surface area (Å²) in [7, 11) is -9.98. The fraction of sp³-hybridized carbons (Fsp3) is 0.687. The van der Waals surface area contributed by atoms with Gasteiger partial charge in [0.25, 0.3) is 0 Å². The summed E-state index contributed by atoms with van der Waals surface area (Å²) in [6, 6.07) is 0. The Labute approximate surface area is 618 Å². The van der Waals surface area contributed by atoms with Gasteiger partial charge in [0.2, 0.25) is 0 Å². The Morgan fingerprint density at radius 3 is 0.833 bits per heavy atom. The summed E-state index contributed by atoms with van der Waals surface area (Å²) >= 11 is 0. The summed E-state index contributed by atoms with van der Waals surface area (Å²) in [4.78, 5) is 73.0. The molecule has 0 rings (SSSR count). The van der Waals surface area contributed by atoms with Crippen LogP contribution in [-0.2, 0) is 65.4 Å². The Hall–Kier alpha value is -4.80. The number of aliphatic hydroxyl groups is 1. The van der Waals surface area contributed by atoms with Crippen molar-refractivity contribution < 1.29 is 80.2 Å². The van der Waals surface area contributed by atoms with Crippen molar-refractivity contribution in [1.82, 2.24) is 0 Å². The van der Waals surface area contributed by atoms with Crippen molar-refractivity contribution in [3.63, 3.8) is 0 Å². The van der Waals surface area contributed by atoms with Crippen molar-refractivity contribution in [3.8, 4) is 0 Å². The quantitative estimate of drug-likeness (QED) is 0.0169. The highest BCUT2D eigenvalue weighted by atomic mass is 31.2. The molecule has 0 amide bonds. The van der Waals surface area contributed by atoms with Gasteiger partial charge in [0, 0.05) is 25.7 Å². The number of hydrogen-bond donors (Lipinski definition) is 3. The third-order valence-electron chi connectivity index (χ3n) is 16.1. The second-order valence-electron chi connectivity index (χ2n) is 25.9. The fourth-order valence-corrected chi connectivity index (χ4v) is 11.7. The number of esters is 4. The number of unbranched alkanes of at least 4 members (excludes halogenated alkanes) is 25. The van der Waals surface area contributed by atoms with Crippen LogP contribution < -0.4 is 0 Å². The van der Waals surface area contributed by atoms with Crippen molar-refractivity contribution in [1.29, 1.82) is 0 Å². The van der Waals surface area contributed by atoms with E-state index in [-0.39, 0.29) is 25.7 Å². The standard InChI is InChI=1S/C83H140O17P2/c1-5-9-13-17-21-25-29-33-36-37-38-39-42-45-48-52-56-60-64-68-81(86)94-73-78(99-82(87)69-65-61-57-53-49-43-32-28-24-20-16-12-8-4)75-97-101(89,90)95-71-77(84)72-96-102(91,92)98-76-79(100-83(88)70-66-62-58-54-50-46-41-35-31-27-23-19-15-11-7-3)74-93-80(85)67-63-59-55-51-47-44-40-34-30-26-22-18-14-10-6-2/h9-10,13-14,21-23,25-28,32-36,38-41,47,51,77-79,84H,5-8,11-12,15-20,24,29-31,37,42-46,48-50,52-76H2,1-4H3,(H,89,90)(H,91,92)/b13-9-,14-10-,25-21-,26-22-,27-23-,32-28-,36-33-,39-38-,40-34-,41-35-,51-47-. The number of ether oxygens (including phenoxy) is 4. The van der Waals surface area contributed by atoms with E-state index in [2.05, 4.69) is 161 Å². The van der Waals surface area contributed by atoms with Gasteiger partial charge in [-0.25, -0.2) is 9.13 Å². The van der Waals surface area contributed by atoms with E-state index in [9.17, 15) is 43.2 Å². The number of carbonyl (C=O) groups is 4. The molecule has 0 aromatic rings. The topological polar surface area (TPSA) is 237 Å². The summed E-state index contributed by atoms with van der Waals surface area (Å²) in [5, 5.41) is 10.6. The number of carbonyl (C=O) groups excluding carboxylic acids is 4. The monoisotopic (exact) mass is 1470 g/mol. The second-order valence-corrected chi connectivity index (χ2v) is 28.8. The molecule has 102 heavy (non-hydrogen) atoms. The second kappa shape index (κ2) is 74.5. The Bertz CT molecular complexity index is 2460. The summed E-state index contributed by atoms with van der Waals surface area (Å²) in [5.41, 5.74) is 0. The first-order valence-electron chi connectivity index (χ1n) is 39.4. The zero-order valence-electron chi connectivity index (χ0n) is 63.7. The highest BCUT2D eigenvalue weighted by Crippen LogP contribution is 2.45. The lowest BCUT2D eigenvalue weighted by molar-refractivity contribution is -0.161. The van der Waals surface area contributed by atoms with E-state index in [1.54, 1.807) is 0 Å². The van der Waals surface area contributed by atoms with Crippen LogP contribution in [0.5, 0.6) is 0 Å². The van der Waals surface area contributed by atoms with Gasteiger partial charge in [-0.3, -0.25) is 37.3 Å².